The molecule has 1 aromatic heterocycles. The van der Waals surface area contributed by atoms with Crippen molar-refractivity contribution in [2.45, 2.75) is 57.2 Å². The summed E-state index contributed by atoms with van der Waals surface area (Å²) in [6.45, 7) is 1.87. The Kier molecular flexibility index (Phi) is 9.93. The van der Waals surface area contributed by atoms with Gasteiger partial charge < -0.3 is 29.0 Å². The second-order valence-electron chi connectivity index (χ2n) is 13.6. The monoisotopic (exact) mass is 702 g/mol. The number of carbonyl (C=O) groups is 3. The standard InChI is InChI=1S/C41H42N4O7/c1-44-23-34(32-21-42-22-33(32)41(44)49)28-18-38(50-2)35(39(19-28)51-3)24-52-31-11-6-27(7-12-31)40(48)45-16-14-26(15-17-45)25-4-8-29(9-5-25)43-36-13-10-30(46)20-37(36)47/h4-9,11-12,18-19,21,23,26,36,43H,10,13-17,20,22,24H2,1-3H3. The number of amides is 1. The molecule has 52 heavy (non-hydrogen) atoms. The van der Waals surface area contributed by atoms with E-state index in [-0.39, 0.29) is 42.1 Å². The van der Waals surface area contributed by atoms with Gasteiger partial charge in [-0.05, 0) is 84.8 Å². The fourth-order valence-corrected chi connectivity index (χ4v) is 7.38. The van der Waals surface area contributed by atoms with Crippen LogP contribution in [-0.2, 0) is 29.8 Å². The van der Waals surface area contributed by atoms with Crippen molar-refractivity contribution in [1.29, 1.82) is 0 Å². The molecule has 0 spiro atoms. The molecule has 1 N–H and O–H groups in total. The first kappa shape index (κ1) is 34.7. The van der Waals surface area contributed by atoms with Gasteiger partial charge in [0.05, 0.1) is 38.8 Å². The van der Waals surface area contributed by atoms with Crippen molar-refractivity contribution in [1.82, 2.24) is 9.47 Å². The van der Waals surface area contributed by atoms with E-state index in [0.717, 1.165) is 40.8 Å². The summed E-state index contributed by atoms with van der Waals surface area (Å²) in [5, 5.41) is 3.28. The predicted molar refractivity (Wildman–Crippen MR) is 198 cm³/mol. The van der Waals surface area contributed by atoms with E-state index >= 15 is 0 Å². The molecule has 2 fully saturated rings. The summed E-state index contributed by atoms with van der Waals surface area (Å²) in [6.07, 6.45) is 6.28. The molecule has 11 heteroatoms. The fourth-order valence-electron chi connectivity index (χ4n) is 7.38. The van der Waals surface area contributed by atoms with E-state index in [4.69, 9.17) is 14.2 Å². The molecule has 1 aliphatic carbocycles. The zero-order chi connectivity index (χ0) is 36.4. The number of aromatic nitrogens is 1. The number of fused-ring (bicyclic) bond motifs is 1. The highest BCUT2D eigenvalue weighted by Crippen LogP contribution is 2.38. The van der Waals surface area contributed by atoms with Gasteiger partial charge in [-0.2, -0.15) is 0 Å². The molecule has 268 valence electrons. The van der Waals surface area contributed by atoms with Gasteiger partial charge in [-0.25, -0.2) is 0 Å². The van der Waals surface area contributed by atoms with E-state index < -0.39 is 0 Å². The maximum atomic E-state index is 13.4. The summed E-state index contributed by atoms with van der Waals surface area (Å²) in [6, 6.07) is 18.9. The first-order valence-electron chi connectivity index (χ1n) is 17.6. The number of ether oxygens (including phenoxy) is 3. The number of likely N-dealkylation sites (tertiary alicyclic amines) is 1. The molecule has 1 atom stereocenters. The summed E-state index contributed by atoms with van der Waals surface area (Å²) in [5.41, 5.74) is 6.56. The Balaban J connectivity index is 0.950. The van der Waals surface area contributed by atoms with E-state index in [1.807, 2.05) is 29.2 Å². The van der Waals surface area contributed by atoms with E-state index in [1.54, 1.807) is 62.5 Å². The van der Waals surface area contributed by atoms with Crippen LogP contribution in [0.15, 0.2) is 76.6 Å². The van der Waals surface area contributed by atoms with Crippen LogP contribution in [0.25, 0.3) is 11.1 Å². The number of aryl methyl sites for hydroxylation is 1. The fraction of sp³-hybridized carbons (Fsp3) is 0.341. The number of piperidine rings is 1. The first-order chi connectivity index (χ1) is 25.2. The number of aliphatic imine (C=N–C) groups is 1. The quantitative estimate of drug-likeness (QED) is 0.209. The third kappa shape index (κ3) is 7.08. The zero-order valence-corrected chi connectivity index (χ0v) is 29.6. The lowest BCUT2D eigenvalue weighted by molar-refractivity contribution is -0.130. The number of pyridine rings is 1. The van der Waals surface area contributed by atoms with Gasteiger partial charge >= 0.3 is 0 Å². The Morgan fingerprint density at radius 2 is 1.62 bits per heavy atom. The van der Waals surface area contributed by atoms with Gasteiger partial charge in [0.2, 0.25) is 0 Å². The van der Waals surface area contributed by atoms with Crippen LogP contribution in [0.1, 0.15) is 70.6 Å². The van der Waals surface area contributed by atoms with E-state index in [2.05, 4.69) is 22.4 Å². The number of hydrogen-bond donors (Lipinski definition) is 1. The normalized spacial score (nSPS) is 17.2. The maximum Gasteiger partial charge on any atom is 0.256 e. The number of carbonyl (C=O) groups excluding carboxylic acids is 3. The lowest BCUT2D eigenvalue weighted by Crippen LogP contribution is -2.37. The van der Waals surface area contributed by atoms with E-state index in [0.29, 0.717) is 66.8 Å². The Morgan fingerprint density at radius 3 is 2.27 bits per heavy atom. The number of ketones is 2. The van der Waals surface area contributed by atoms with Gasteiger partial charge in [0, 0.05) is 66.9 Å². The molecule has 7 rings (SSSR count). The van der Waals surface area contributed by atoms with Crippen LogP contribution in [0, 0.1) is 0 Å². The summed E-state index contributed by atoms with van der Waals surface area (Å²) >= 11 is 0. The molecule has 3 aliphatic rings. The third-order valence-corrected chi connectivity index (χ3v) is 10.4. The lowest BCUT2D eigenvalue weighted by Gasteiger charge is -2.32. The molecule has 2 aliphatic heterocycles. The Labute approximate surface area is 302 Å². The minimum atomic E-state index is -0.305. The number of methoxy groups -OCH3 is 2. The highest BCUT2D eigenvalue weighted by molar-refractivity contribution is 6.05. The molecule has 1 saturated heterocycles. The number of benzene rings is 3. The van der Waals surface area contributed by atoms with Gasteiger partial charge in [0.1, 0.15) is 29.6 Å². The molecular weight excluding hydrogens is 660 g/mol. The van der Waals surface area contributed by atoms with Crippen LogP contribution in [0.4, 0.5) is 5.69 Å². The van der Waals surface area contributed by atoms with Gasteiger partial charge in [0.25, 0.3) is 11.5 Å². The van der Waals surface area contributed by atoms with Crippen molar-refractivity contribution in [3.8, 4) is 28.4 Å². The Hall–Kier alpha value is -5.71. The topological polar surface area (TPSA) is 129 Å². The lowest BCUT2D eigenvalue weighted by atomic mass is 9.89. The average molecular weight is 703 g/mol. The molecule has 1 amide bonds. The van der Waals surface area contributed by atoms with Crippen LogP contribution < -0.4 is 25.1 Å². The highest BCUT2D eigenvalue weighted by Gasteiger charge is 2.28. The van der Waals surface area contributed by atoms with Crippen LogP contribution in [0.5, 0.6) is 17.2 Å². The van der Waals surface area contributed by atoms with Crippen LogP contribution in [0.3, 0.4) is 0 Å². The minimum absolute atomic E-state index is 0.00551. The van der Waals surface area contributed by atoms with Crippen molar-refractivity contribution in [2.24, 2.45) is 12.0 Å². The van der Waals surface area contributed by atoms with Crippen molar-refractivity contribution in [3.05, 3.63) is 105 Å². The third-order valence-electron chi connectivity index (χ3n) is 10.4. The highest BCUT2D eigenvalue weighted by atomic mass is 16.5. The largest absolute Gasteiger partial charge is 0.496 e. The summed E-state index contributed by atoms with van der Waals surface area (Å²) in [7, 11) is 4.93. The number of hydrogen-bond acceptors (Lipinski definition) is 9. The molecular formula is C41H42N4O7. The van der Waals surface area contributed by atoms with Crippen molar-refractivity contribution < 1.29 is 28.6 Å². The molecule has 0 radical (unpaired) electrons. The van der Waals surface area contributed by atoms with Gasteiger partial charge in [-0.3, -0.25) is 24.2 Å². The predicted octanol–water partition coefficient (Wildman–Crippen LogP) is 5.70. The van der Waals surface area contributed by atoms with Gasteiger partial charge in [-0.15, -0.1) is 0 Å². The van der Waals surface area contributed by atoms with Crippen LogP contribution in [-0.4, -0.2) is 66.5 Å². The van der Waals surface area contributed by atoms with Gasteiger partial charge in [0.15, 0.2) is 5.78 Å². The second-order valence-corrected chi connectivity index (χ2v) is 13.6. The Morgan fingerprint density at radius 1 is 0.923 bits per heavy atom. The Bertz CT molecular complexity index is 2070. The first-order valence-corrected chi connectivity index (χ1v) is 17.6. The number of rotatable bonds is 10. The zero-order valence-electron chi connectivity index (χ0n) is 29.6. The van der Waals surface area contributed by atoms with Crippen LogP contribution in [0.2, 0.25) is 0 Å². The summed E-state index contributed by atoms with van der Waals surface area (Å²) in [4.78, 5) is 56.0. The summed E-state index contributed by atoms with van der Waals surface area (Å²) in [5.74, 6) is 2.10. The minimum Gasteiger partial charge on any atom is -0.496 e. The van der Waals surface area contributed by atoms with Crippen molar-refractivity contribution in [3.63, 3.8) is 0 Å². The SMILES string of the molecule is COc1cc(-c2cn(C)c(=O)c3c2C=NC3)cc(OC)c1COc1ccc(C(=O)N2CCC(c3ccc(NC4CCC(=O)CC4=O)cc3)CC2)cc1. The van der Waals surface area contributed by atoms with Crippen molar-refractivity contribution in [2.75, 3.05) is 32.6 Å². The molecule has 1 unspecified atom stereocenters. The van der Waals surface area contributed by atoms with E-state index in [1.165, 1.54) is 5.56 Å². The van der Waals surface area contributed by atoms with Crippen LogP contribution >= 0.6 is 0 Å². The summed E-state index contributed by atoms with van der Waals surface area (Å²) < 4.78 is 19.3. The molecule has 4 aromatic rings. The molecule has 3 aromatic carbocycles. The second kappa shape index (κ2) is 14.9. The van der Waals surface area contributed by atoms with Gasteiger partial charge in [-0.1, -0.05) is 12.1 Å². The number of nitrogens with one attached hydrogen (secondary N) is 1. The molecule has 11 nitrogen and oxygen atoms in total. The van der Waals surface area contributed by atoms with E-state index in [9.17, 15) is 19.2 Å². The number of Topliss-reactive ketones (excluding diaryl/α,β-unsaturated/α-hetero) is 2. The maximum absolute atomic E-state index is 13.4. The average Bonchev–Trinajstić information content (AvgIpc) is 3.67. The molecule has 3 heterocycles. The molecule has 0 bridgehead atoms. The number of nitrogens with zero attached hydrogens (tertiary/aromatic N) is 3. The number of anilines is 1. The van der Waals surface area contributed by atoms with Crippen molar-refractivity contribution >= 4 is 29.4 Å². The molecule has 1 saturated carbocycles. The smallest absolute Gasteiger partial charge is 0.256 e.